The number of nitrogen functional groups attached to an aromatic ring is 1. The van der Waals surface area contributed by atoms with Crippen molar-refractivity contribution in [3.05, 3.63) is 40.7 Å². The normalized spacial score (nSPS) is 10.8. The fourth-order valence-corrected chi connectivity index (χ4v) is 1.87. The first-order valence-electron chi connectivity index (χ1n) is 6.13. The minimum absolute atomic E-state index is 0.346. The lowest BCUT2D eigenvalue weighted by atomic mass is 10.1. The van der Waals surface area contributed by atoms with Crippen LogP contribution in [0.25, 0.3) is 0 Å². The van der Waals surface area contributed by atoms with Crippen LogP contribution in [0.3, 0.4) is 0 Å². The van der Waals surface area contributed by atoms with E-state index in [2.05, 4.69) is 29.1 Å². The van der Waals surface area contributed by atoms with E-state index >= 15 is 0 Å². The molecule has 0 unspecified atom stereocenters. The Hall–Kier alpha value is -1.81. The molecule has 1 aromatic carbocycles. The zero-order chi connectivity index (χ0) is 14.0. The second-order valence-corrected chi connectivity index (χ2v) is 5.18. The molecule has 0 saturated heterocycles. The number of anilines is 3. The molecule has 0 spiro atoms. The van der Waals surface area contributed by atoms with E-state index < -0.39 is 0 Å². The minimum Gasteiger partial charge on any atom is -0.399 e. The van der Waals surface area contributed by atoms with Gasteiger partial charge in [0.25, 0.3) is 0 Å². The van der Waals surface area contributed by atoms with Gasteiger partial charge >= 0.3 is 0 Å². The molecule has 0 radical (unpaired) electrons. The Morgan fingerprint density at radius 2 is 1.95 bits per heavy atom. The highest BCUT2D eigenvalue weighted by molar-refractivity contribution is 6.33. The van der Waals surface area contributed by atoms with Gasteiger partial charge in [-0.05, 0) is 37.1 Å². The number of nitrogens with one attached hydrogen (secondary N) is 1. The van der Waals surface area contributed by atoms with Crippen LogP contribution in [0.4, 0.5) is 17.3 Å². The van der Waals surface area contributed by atoms with Crippen LogP contribution in [0.15, 0.2) is 24.3 Å². The zero-order valence-electron chi connectivity index (χ0n) is 11.2. The monoisotopic (exact) mass is 276 g/mol. The number of aryl methyl sites for hydroxylation is 1. The smallest absolute Gasteiger partial charge is 0.227 e. The predicted molar refractivity (Wildman–Crippen MR) is 80.0 cm³/mol. The number of rotatable bonds is 3. The first-order chi connectivity index (χ1) is 8.95. The van der Waals surface area contributed by atoms with Gasteiger partial charge in [-0.2, -0.15) is 0 Å². The summed E-state index contributed by atoms with van der Waals surface area (Å²) in [7, 11) is 0. The number of nitrogens with two attached hydrogens (primary N) is 1. The second-order valence-electron chi connectivity index (χ2n) is 4.78. The zero-order valence-corrected chi connectivity index (χ0v) is 12.0. The third-order valence-electron chi connectivity index (χ3n) is 2.70. The maximum absolute atomic E-state index is 6.11. The van der Waals surface area contributed by atoms with Crippen molar-refractivity contribution in [2.24, 2.45) is 0 Å². The molecular weight excluding hydrogens is 260 g/mol. The summed E-state index contributed by atoms with van der Waals surface area (Å²) in [5.41, 5.74) is 9.02. The Bertz CT molecular complexity index is 596. The molecule has 1 aromatic heterocycles. The first-order valence-corrected chi connectivity index (χ1v) is 6.51. The van der Waals surface area contributed by atoms with Crippen LogP contribution in [-0.4, -0.2) is 9.97 Å². The molecule has 0 bridgehead atoms. The summed E-state index contributed by atoms with van der Waals surface area (Å²) in [5.74, 6) is 0.884. The molecule has 0 aliphatic heterocycles. The van der Waals surface area contributed by atoms with Gasteiger partial charge < -0.3 is 11.1 Å². The summed E-state index contributed by atoms with van der Waals surface area (Å²) >= 11 is 6.11. The number of halogens is 1. The highest BCUT2D eigenvalue weighted by Crippen LogP contribution is 2.26. The van der Waals surface area contributed by atoms with Crippen LogP contribution >= 0.6 is 11.6 Å². The molecule has 1 heterocycles. The largest absolute Gasteiger partial charge is 0.399 e. The molecule has 0 saturated carbocycles. The molecule has 0 aliphatic carbocycles. The number of hydrogen-bond donors (Lipinski definition) is 2. The van der Waals surface area contributed by atoms with Crippen molar-refractivity contribution < 1.29 is 0 Å². The summed E-state index contributed by atoms with van der Waals surface area (Å²) in [6.45, 7) is 6.14. The lowest BCUT2D eigenvalue weighted by molar-refractivity contribution is 0.812. The number of benzene rings is 1. The van der Waals surface area contributed by atoms with Crippen molar-refractivity contribution in [1.29, 1.82) is 0 Å². The molecule has 100 valence electrons. The summed E-state index contributed by atoms with van der Waals surface area (Å²) in [5, 5.41) is 3.70. The van der Waals surface area contributed by atoms with Gasteiger partial charge in [-0.25, -0.2) is 9.97 Å². The Kier molecular flexibility index (Phi) is 3.90. The fourth-order valence-electron chi connectivity index (χ4n) is 1.70. The lowest BCUT2D eigenvalue weighted by Crippen LogP contribution is -2.03. The molecule has 5 heteroatoms. The Morgan fingerprint density at radius 3 is 2.63 bits per heavy atom. The van der Waals surface area contributed by atoms with Crippen molar-refractivity contribution in [1.82, 2.24) is 9.97 Å². The van der Waals surface area contributed by atoms with E-state index in [1.807, 2.05) is 13.0 Å². The number of aromatic nitrogens is 2. The molecule has 0 aliphatic rings. The van der Waals surface area contributed by atoms with E-state index in [9.17, 15) is 0 Å². The van der Waals surface area contributed by atoms with E-state index in [1.165, 1.54) is 0 Å². The van der Waals surface area contributed by atoms with Crippen molar-refractivity contribution in [3.8, 4) is 0 Å². The third-order valence-corrected chi connectivity index (χ3v) is 3.03. The molecule has 4 nitrogen and oxygen atoms in total. The van der Waals surface area contributed by atoms with Gasteiger partial charge in [0, 0.05) is 17.1 Å². The van der Waals surface area contributed by atoms with Crippen LogP contribution in [0, 0.1) is 6.92 Å². The van der Waals surface area contributed by atoms with Gasteiger partial charge in [-0.15, -0.1) is 0 Å². The maximum Gasteiger partial charge on any atom is 0.227 e. The van der Waals surface area contributed by atoms with E-state index in [-0.39, 0.29) is 0 Å². The van der Waals surface area contributed by atoms with E-state index in [0.717, 1.165) is 11.4 Å². The Morgan fingerprint density at radius 1 is 1.21 bits per heavy atom. The van der Waals surface area contributed by atoms with Gasteiger partial charge in [-0.1, -0.05) is 25.4 Å². The van der Waals surface area contributed by atoms with Crippen molar-refractivity contribution in [2.45, 2.75) is 26.7 Å². The van der Waals surface area contributed by atoms with Crippen LogP contribution < -0.4 is 11.1 Å². The maximum atomic E-state index is 6.11. The molecule has 19 heavy (non-hydrogen) atoms. The molecule has 0 fully saturated rings. The topological polar surface area (TPSA) is 63.8 Å². The van der Waals surface area contributed by atoms with Crippen molar-refractivity contribution >= 4 is 28.9 Å². The molecule has 2 aromatic rings. The molecule has 0 atom stereocenters. The number of hydrogen-bond acceptors (Lipinski definition) is 4. The molecule has 2 rings (SSSR count). The summed E-state index contributed by atoms with van der Waals surface area (Å²) < 4.78 is 0. The van der Waals surface area contributed by atoms with Crippen LogP contribution in [0.5, 0.6) is 0 Å². The molecular formula is C14H17ClN4. The van der Waals surface area contributed by atoms with Crippen molar-refractivity contribution in [3.63, 3.8) is 0 Å². The van der Waals surface area contributed by atoms with Gasteiger partial charge in [0.15, 0.2) is 0 Å². The van der Waals surface area contributed by atoms with E-state index in [4.69, 9.17) is 17.3 Å². The first kappa shape index (κ1) is 13.6. The van der Waals surface area contributed by atoms with Gasteiger partial charge in [0.2, 0.25) is 5.95 Å². The van der Waals surface area contributed by atoms with Crippen LogP contribution in [-0.2, 0) is 0 Å². The third kappa shape index (κ3) is 3.35. The summed E-state index contributed by atoms with van der Waals surface area (Å²) in [4.78, 5) is 8.84. The standard InChI is InChI=1S/C14H17ClN4/c1-8(2)12-6-9(3)17-14(18-12)19-13-7-10(16)4-5-11(13)15/h4-8H,16H2,1-3H3,(H,17,18,19). The Balaban J connectivity index is 2.35. The molecule has 3 N–H and O–H groups in total. The molecule has 0 amide bonds. The van der Waals surface area contributed by atoms with Gasteiger partial charge in [0.1, 0.15) is 0 Å². The lowest BCUT2D eigenvalue weighted by Gasteiger charge is -2.11. The summed E-state index contributed by atoms with van der Waals surface area (Å²) in [6, 6.07) is 7.25. The second kappa shape index (κ2) is 5.45. The van der Waals surface area contributed by atoms with Crippen LogP contribution in [0.2, 0.25) is 5.02 Å². The average Bonchev–Trinajstić information content (AvgIpc) is 2.33. The number of nitrogens with zero attached hydrogens (tertiary/aromatic N) is 2. The van der Waals surface area contributed by atoms with Crippen molar-refractivity contribution in [2.75, 3.05) is 11.1 Å². The summed E-state index contributed by atoms with van der Waals surface area (Å²) in [6.07, 6.45) is 0. The SMILES string of the molecule is Cc1cc(C(C)C)nc(Nc2cc(N)ccc2Cl)n1. The quantitative estimate of drug-likeness (QED) is 0.835. The van der Waals surface area contributed by atoms with E-state index in [1.54, 1.807) is 18.2 Å². The van der Waals surface area contributed by atoms with E-state index in [0.29, 0.717) is 28.3 Å². The Labute approximate surface area is 118 Å². The fraction of sp³-hybridized carbons (Fsp3) is 0.286. The predicted octanol–water partition coefficient (Wildman–Crippen LogP) is 3.89. The highest BCUT2D eigenvalue weighted by Gasteiger charge is 2.08. The van der Waals surface area contributed by atoms with Gasteiger partial charge in [-0.3, -0.25) is 0 Å². The van der Waals surface area contributed by atoms with Crippen LogP contribution in [0.1, 0.15) is 31.2 Å². The highest BCUT2D eigenvalue weighted by atomic mass is 35.5. The van der Waals surface area contributed by atoms with Gasteiger partial charge in [0.05, 0.1) is 10.7 Å². The average molecular weight is 277 g/mol. The minimum atomic E-state index is 0.346.